The van der Waals surface area contributed by atoms with Crippen molar-refractivity contribution in [3.05, 3.63) is 62.5 Å². The predicted octanol–water partition coefficient (Wildman–Crippen LogP) is 1.93. The molecule has 0 amide bonds. The number of hydrogen-bond acceptors (Lipinski definition) is 8. The number of methoxy groups -OCH3 is 1. The molecule has 0 spiro atoms. The molecule has 0 bridgehead atoms. The van der Waals surface area contributed by atoms with E-state index in [0.29, 0.717) is 11.4 Å². The first kappa shape index (κ1) is 21.1. The van der Waals surface area contributed by atoms with Crippen molar-refractivity contribution in [1.82, 2.24) is 5.32 Å². The number of aliphatic hydroxyl groups excluding tert-OH is 1. The lowest BCUT2D eigenvalue weighted by molar-refractivity contribution is -0.385. The monoisotopic (exact) mass is 390 g/mol. The third-order valence-electron chi connectivity index (χ3n) is 4.29. The second-order valence-electron chi connectivity index (χ2n) is 6.39. The van der Waals surface area contributed by atoms with Gasteiger partial charge in [-0.3, -0.25) is 10.1 Å². The molecule has 1 aromatic carbocycles. The van der Waals surface area contributed by atoms with Crippen molar-refractivity contribution in [1.29, 1.82) is 0 Å². The van der Waals surface area contributed by atoms with Crippen LogP contribution in [0.3, 0.4) is 0 Å². The van der Waals surface area contributed by atoms with Gasteiger partial charge in [0.25, 0.3) is 5.69 Å². The zero-order valence-corrected chi connectivity index (χ0v) is 16.0. The van der Waals surface area contributed by atoms with E-state index in [1.165, 1.54) is 32.2 Å². The van der Waals surface area contributed by atoms with Gasteiger partial charge in [-0.1, -0.05) is 18.2 Å². The second-order valence-corrected chi connectivity index (χ2v) is 6.39. The number of benzene rings is 1. The van der Waals surface area contributed by atoms with Gasteiger partial charge >= 0.3 is 11.9 Å². The zero-order valence-electron chi connectivity index (χ0n) is 16.0. The van der Waals surface area contributed by atoms with E-state index in [4.69, 9.17) is 9.47 Å². The number of dihydropyridines is 1. The number of esters is 2. The average Bonchev–Trinajstić information content (AvgIpc) is 2.64. The summed E-state index contributed by atoms with van der Waals surface area (Å²) in [6.07, 6.45) is -0.886. The lowest BCUT2D eigenvalue weighted by atomic mass is 9.79. The van der Waals surface area contributed by atoms with Crippen molar-refractivity contribution < 1.29 is 29.1 Å². The van der Waals surface area contributed by atoms with Gasteiger partial charge in [-0.05, 0) is 20.8 Å². The Labute approximate surface area is 161 Å². The number of hydrogen-bond donors (Lipinski definition) is 2. The summed E-state index contributed by atoms with van der Waals surface area (Å²) >= 11 is 0. The van der Waals surface area contributed by atoms with Crippen LogP contribution >= 0.6 is 0 Å². The minimum atomic E-state index is -1.06. The summed E-state index contributed by atoms with van der Waals surface area (Å²) in [6.45, 7) is 4.43. The van der Waals surface area contributed by atoms with Crippen molar-refractivity contribution >= 4 is 17.6 Å². The fourth-order valence-corrected chi connectivity index (χ4v) is 3.13. The van der Waals surface area contributed by atoms with E-state index in [2.05, 4.69) is 5.32 Å². The standard InChI is InChI=1S/C19H22N2O7/c1-10(22)9-28-19(24)16-12(3)20-11(2)15(18(23)27-4)17(16)13-7-5-6-8-14(13)21(25)26/h5-8,10,17,20,22H,9H2,1-4H3/t10-,17?/m0/s1. The van der Waals surface area contributed by atoms with E-state index in [1.807, 2.05) is 0 Å². The first-order valence-electron chi connectivity index (χ1n) is 8.54. The highest BCUT2D eigenvalue weighted by Gasteiger charge is 2.40. The molecule has 9 heteroatoms. The first-order valence-corrected chi connectivity index (χ1v) is 8.54. The summed E-state index contributed by atoms with van der Waals surface area (Å²) in [6, 6.07) is 5.87. The van der Waals surface area contributed by atoms with Crippen LogP contribution in [-0.2, 0) is 19.1 Å². The fraction of sp³-hybridized carbons (Fsp3) is 0.368. The van der Waals surface area contributed by atoms with Gasteiger partial charge in [0, 0.05) is 23.0 Å². The van der Waals surface area contributed by atoms with Crippen LogP contribution in [0.1, 0.15) is 32.3 Å². The number of aliphatic hydroxyl groups is 1. The van der Waals surface area contributed by atoms with Gasteiger partial charge in [0.15, 0.2) is 0 Å². The number of carbonyl (C=O) groups excluding carboxylic acids is 2. The minimum absolute atomic E-state index is 0.0425. The Hall–Kier alpha value is -3.20. The Kier molecular flexibility index (Phi) is 6.53. The van der Waals surface area contributed by atoms with Crippen LogP contribution in [0.4, 0.5) is 5.69 Å². The Bertz CT molecular complexity index is 871. The molecule has 0 saturated heterocycles. The zero-order chi connectivity index (χ0) is 21.0. The highest BCUT2D eigenvalue weighted by atomic mass is 16.6. The molecule has 1 aliphatic rings. The van der Waals surface area contributed by atoms with Gasteiger partial charge in [-0.15, -0.1) is 0 Å². The van der Waals surface area contributed by atoms with Gasteiger partial charge in [-0.2, -0.15) is 0 Å². The number of rotatable bonds is 6. The molecule has 0 radical (unpaired) electrons. The molecule has 0 saturated carbocycles. The molecule has 0 aliphatic carbocycles. The van der Waals surface area contributed by atoms with Crippen molar-refractivity contribution in [3.63, 3.8) is 0 Å². The third kappa shape index (κ3) is 4.20. The lowest BCUT2D eigenvalue weighted by Crippen LogP contribution is -2.33. The Morgan fingerprint density at radius 2 is 1.79 bits per heavy atom. The van der Waals surface area contributed by atoms with Gasteiger partial charge in [0.2, 0.25) is 0 Å². The van der Waals surface area contributed by atoms with Gasteiger partial charge in [-0.25, -0.2) is 9.59 Å². The lowest BCUT2D eigenvalue weighted by Gasteiger charge is -2.30. The van der Waals surface area contributed by atoms with E-state index in [0.717, 1.165) is 0 Å². The topological polar surface area (TPSA) is 128 Å². The average molecular weight is 390 g/mol. The Balaban J connectivity index is 2.69. The number of para-hydroxylation sites is 1. The number of carbonyl (C=O) groups is 2. The molecular weight excluding hydrogens is 368 g/mol. The summed E-state index contributed by atoms with van der Waals surface area (Å²) in [7, 11) is 1.19. The number of nitrogens with zero attached hydrogens (tertiary/aromatic N) is 1. The van der Waals surface area contributed by atoms with Crippen molar-refractivity contribution in [2.24, 2.45) is 0 Å². The number of nitrogens with one attached hydrogen (secondary N) is 1. The molecule has 9 nitrogen and oxygen atoms in total. The molecule has 2 atom stereocenters. The SMILES string of the molecule is COC(=O)C1=C(C)NC(C)=C(C(=O)OC[C@H](C)O)C1c1ccccc1[N+](=O)[O-]. The Morgan fingerprint density at radius 1 is 1.21 bits per heavy atom. The fourth-order valence-electron chi connectivity index (χ4n) is 3.13. The van der Waals surface area contributed by atoms with Gasteiger partial charge in [0.05, 0.1) is 35.2 Å². The molecule has 150 valence electrons. The maximum absolute atomic E-state index is 12.8. The van der Waals surface area contributed by atoms with Gasteiger partial charge < -0.3 is 19.9 Å². The molecule has 1 aromatic rings. The predicted molar refractivity (Wildman–Crippen MR) is 99.0 cm³/mol. The molecule has 0 fully saturated rings. The molecule has 1 heterocycles. The summed E-state index contributed by atoms with van der Waals surface area (Å²) < 4.78 is 9.98. The van der Waals surface area contributed by atoms with Crippen LogP contribution in [0.2, 0.25) is 0 Å². The normalized spacial score (nSPS) is 17.7. The maximum atomic E-state index is 12.8. The van der Waals surface area contributed by atoms with E-state index in [1.54, 1.807) is 19.9 Å². The molecular formula is C19H22N2O7. The summed E-state index contributed by atoms with van der Waals surface area (Å²) in [4.78, 5) is 36.2. The molecule has 2 rings (SSSR count). The van der Waals surface area contributed by atoms with Crippen molar-refractivity contribution in [3.8, 4) is 0 Å². The van der Waals surface area contributed by atoms with E-state index in [9.17, 15) is 24.8 Å². The number of nitro groups is 1. The van der Waals surface area contributed by atoms with Gasteiger partial charge in [0.1, 0.15) is 6.61 Å². The molecule has 28 heavy (non-hydrogen) atoms. The molecule has 1 unspecified atom stereocenters. The van der Waals surface area contributed by atoms with E-state index in [-0.39, 0.29) is 29.0 Å². The third-order valence-corrected chi connectivity index (χ3v) is 4.29. The Morgan fingerprint density at radius 3 is 2.32 bits per heavy atom. The maximum Gasteiger partial charge on any atom is 0.336 e. The molecule has 0 aromatic heterocycles. The smallest absolute Gasteiger partial charge is 0.336 e. The van der Waals surface area contributed by atoms with Crippen LogP contribution in [0, 0.1) is 10.1 Å². The van der Waals surface area contributed by atoms with Crippen molar-refractivity contribution in [2.45, 2.75) is 32.8 Å². The van der Waals surface area contributed by atoms with Crippen LogP contribution in [-0.4, -0.2) is 41.8 Å². The molecule has 2 N–H and O–H groups in total. The summed E-state index contributed by atoms with van der Waals surface area (Å²) in [5.41, 5.74) is 0.852. The van der Waals surface area contributed by atoms with E-state index < -0.39 is 28.9 Å². The van der Waals surface area contributed by atoms with Crippen LogP contribution in [0.15, 0.2) is 46.8 Å². The highest BCUT2D eigenvalue weighted by Crippen LogP contribution is 2.42. The van der Waals surface area contributed by atoms with Crippen molar-refractivity contribution in [2.75, 3.05) is 13.7 Å². The summed E-state index contributed by atoms with van der Waals surface area (Å²) in [5.74, 6) is -2.57. The number of nitro benzene ring substituents is 1. The largest absolute Gasteiger partial charge is 0.466 e. The highest BCUT2D eigenvalue weighted by molar-refractivity contribution is 6.00. The number of ether oxygens (including phenoxy) is 2. The first-order chi connectivity index (χ1) is 13.2. The summed E-state index contributed by atoms with van der Waals surface area (Å²) in [5, 5.41) is 23.9. The quantitative estimate of drug-likeness (QED) is 0.428. The number of allylic oxidation sites excluding steroid dienone is 2. The molecule has 1 aliphatic heterocycles. The van der Waals surface area contributed by atoms with E-state index >= 15 is 0 Å². The van der Waals surface area contributed by atoms with Crippen LogP contribution in [0.25, 0.3) is 0 Å². The van der Waals surface area contributed by atoms with Crippen LogP contribution < -0.4 is 5.32 Å². The second kappa shape index (κ2) is 8.66. The van der Waals surface area contributed by atoms with Crippen LogP contribution in [0.5, 0.6) is 0 Å². The minimum Gasteiger partial charge on any atom is -0.466 e.